The minimum absolute atomic E-state index is 0.258. The van der Waals surface area contributed by atoms with Crippen LogP contribution in [-0.4, -0.2) is 0 Å². The fraction of sp³-hybridized carbons (Fsp3) is 0.214. The quantitative estimate of drug-likeness (QED) is 0.912. The molecule has 1 atom stereocenters. The van der Waals surface area contributed by atoms with E-state index in [2.05, 4.69) is 18.3 Å². The molecule has 1 aromatic heterocycles. The zero-order valence-corrected chi connectivity index (χ0v) is 11.6. The van der Waals surface area contributed by atoms with Gasteiger partial charge in [-0.15, -0.1) is 11.3 Å². The number of thiophene rings is 1. The Kier molecular flexibility index (Phi) is 4.38. The van der Waals surface area contributed by atoms with E-state index in [4.69, 9.17) is 16.9 Å². The zero-order valence-electron chi connectivity index (χ0n) is 9.98. The van der Waals surface area contributed by atoms with Crippen LogP contribution < -0.4 is 5.32 Å². The monoisotopic (exact) mass is 276 g/mol. The largest absolute Gasteiger partial charge is 0.305 e. The number of rotatable bonds is 4. The molecule has 92 valence electrons. The van der Waals surface area contributed by atoms with Gasteiger partial charge in [-0.1, -0.05) is 23.7 Å². The lowest BCUT2D eigenvalue weighted by Gasteiger charge is -2.12. The minimum Gasteiger partial charge on any atom is -0.305 e. The molecule has 1 N–H and O–H groups in total. The van der Waals surface area contributed by atoms with Crippen LogP contribution in [0.4, 0.5) is 0 Å². The molecule has 2 aromatic rings. The Balaban J connectivity index is 1.97. The minimum atomic E-state index is 0.258. The highest BCUT2D eigenvalue weighted by molar-refractivity contribution is 7.16. The number of halogens is 1. The second-order valence-electron chi connectivity index (χ2n) is 4.06. The van der Waals surface area contributed by atoms with Crippen molar-refractivity contribution in [2.45, 2.75) is 19.5 Å². The van der Waals surface area contributed by atoms with E-state index >= 15 is 0 Å². The fourth-order valence-electron chi connectivity index (χ4n) is 1.68. The van der Waals surface area contributed by atoms with Crippen LogP contribution in [0.15, 0.2) is 36.4 Å². The summed E-state index contributed by atoms with van der Waals surface area (Å²) in [6, 6.07) is 14.0. The van der Waals surface area contributed by atoms with Crippen LogP contribution in [0.3, 0.4) is 0 Å². The Morgan fingerprint density at radius 2 is 2.22 bits per heavy atom. The van der Waals surface area contributed by atoms with Crippen molar-refractivity contribution >= 4 is 22.9 Å². The van der Waals surface area contributed by atoms with Gasteiger partial charge in [0.05, 0.1) is 16.0 Å². The van der Waals surface area contributed by atoms with E-state index in [0.717, 1.165) is 16.4 Å². The summed E-state index contributed by atoms with van der Waals surface area (Å²) in [6.07, 6.45) is 0. The van der Waals surface area contributed by atoms with E-state index < -0.39 is 0 Å². The SMILES string of the molecule is C[C@@H](NCc1cccc(C#N)c1)c1ccc(Cl)s1. The molecule has 0 saturated carbocycles. The molecule has 0 amide bonds. The van der Waals surface area contributed by atoms with Crippen molar-refractivity contribution in [3.8, 4) is 6.07 Å². The van der Waals surface area contributed by atoms with Gasteiger partial charge in [0, 0.05) is 17.5 Å². The molecule has 0 aliphatic carbocycles. The van der Waals surface area contributed by atoms with Gasteiger partial charge in [-0.3, -0.25) is 0 Å². The van der Waals surface area contributed by atoms with Crippen LogP contribution >= 0.6 is 22.9 Å². The summed E-state index contributed by atoms with van der Waals surface area (Å²) in [5.74, 6) is 0. The molecule has 4 heteroatoms. The summed E-state index contributed by atoms with van der Waals surface area (Å²) in [5.41, 5.74) is 1.81. The number of hydrogen-bond donors (Lipinski definition) is 1. The lowest BCUT2D eigenvalue weighted by molar-refractivity contribution is 0.583. The molecule has 0 unspecified atom stereocenters. The van der Waals surface area contributed by atoms with Gasteiger partial charge in [-0.05, 0) is 36.8 Å². The Morgan fingerprint density at radius 3 is 2.89 bits per heavy atom. The van der Waals surface area contributed by atoms with Gasteiger partial charge in [0.1, 0.15) is 0 Å². The predicted octanol–water partition coefficient (Wildman–Crippen LogP) is 4.12. The Bertz CT molecular complexity index is 571. The highest BCUT2D eigenvalue weighted by atomic mass is 35.5. The molecule has 0 aliphatic rings. The van der Waals surface area contributed by atoms with E-state index in [0.29, 0.717) is 5.56 Å². The summed E-state index contributed by atoms with van der Waals surface area (Å²) in [7, 11) is 0. The van der Waals surface area contributed by atoms with Gasteiger partial charge < -0.3 is 5.32 Å². The van der Waals surface area contributed by atoms with E-state index in [9.17, 15) is 0 Å². The smallest absolute Gasteiger partial charge is 0.0991 e. The molecule has 0 bridgehead atoms. The maximum Gasteiger partial charge on any atom is 0.0991 e. The second kappa shape index (κ2) is 6.01. The van der Waals surface area contributed by atoms with Crippen molar-refractivity contribution in [1.82, 2.24) is 5.32 Å². The first-order valence-electron chi connectivity index (χ1n) is 5.66. The molecular formula is C14H13ClN2S. The van der Waals surface area contributed by atoms with Gasteiger partial charge in [0.15, 0.2) is 0 Å². The van der Waals surface area contributed by atoms with Gasteiger partial charge >= 0.3 is 0 Å². The standard InChI is InChI=1S/C14H13ClN2S/c1-10(13-5-6-14(15)18-13)17-9-12-4-2-3-11(7-12)8-16/h2-7,10,17H,9H2,1H3/t10-/m1/s1. The molecule has 2 rings (SSSR count). The molecule has 2 nitrogen and oxygen atoms in total. The van der Waals surface area contributed by atoms with Gasteiger partial charge in [0.25, 0.3) is 0 Å². The van der Waals surface area contributed by atoms with Crippen molar-refractivity contribution in [3.05, 3.63) is 56.7 Å². The molecule has 1 aromatic carbocycles. The molecule has 0 saturated heterocycles. The van der Waals surface area contributed by atoms with Crippen molar-refractivity contribution in [2.75, 3.05) is 0 Å². The number of nitrogens with zero attached hydrogens (tertiary/aromatic N) is 1. The number of nitriles is 1. The Labute approximate surface area is 116 Å². The van der Waals surface area contributed by atoms with Crippen LogP contribution in [0.25, 0.3) is 0 Å². The average Bonchev–Trinajstić information content (AvgIpc) is 2.83. The molecule has 0 radical (unpaired) electrons. The third kappa shape index (κ3) is 3.33. The summed E-state index contributed by atoms with van der Waals surface area (Å²) >= 11 is 7.51. The fourth-order valence-corrected chi connectivity index (χ4v) is 2.77. The summed E-state index contributed by atoms with van der Waals surface area (Å²) < 4.78 is 0.810. The summed E-state index contributed by atoms with van der Waals surface area (Å²) in [6.45, 7) is 2.85. The first kappa shape index (κ1) is 13.1. The number of nitrogens with one attached hydrogen (secondary N) is 1. The Hall–Kier alpha value is -1.34. The first-order chi connectivity index (χ1) is 8.69. The lowest BCUT2D eigenvalue weighted by atomic mass is 10.1. The van der Waals surface area contributed by atoms with E-state index in [-0.39, 0.29) is 6.04 Å². The first-order valence-corrected chi connectivity index (χ1v) is 6.86. The van der Waals surface area contributed by atoms with Crippen LogP contribution in [0.2, 0.25) is 4.34 Å². The van der Waals surface area contributed by atoms with Crippen LogP contribution in [0.5, 0.6) is 0 Å². The molecule has 1 heterocycles. The topological polar surface area (TPSA) is 35.8 Å². The molecular weight excluding hydrogens is 264 g/mol. The third-order valence-corrected chi connectivity index (χ3v) is 4.10. The maximum absolute atomic E-state index is 8.84. The zero-order chi connectivity index (χ0) is 13.0. The van der Waals surface area contributed by atoms with Crippen molar-refractivity contribution < 1.29 is 0 Å². The van der Waals surface area contributed by atoms with Crippen molar-refractivity contribution in [3.63, 3.8) is 0 Å². The van der Waals surface area contributed by atoms with E-state index in [1.165, 1.54) is 4.88 Å². The second-order valence-corrected chi connectivity index (χ2v) is 5.80. The molecule has 18 heavy (non-hydrogen) atoms. The highest BCUT2D eigenvalue weighted by Gasteiger charge is 2.07. The normalized spacial score (nSPS) is 12.1. The highest BCUT2D eigenvalue weighted by Crippen LogP contribution is 2.26. The third-order valence-electron chi connectivity index (χ3n) is 2.69. The van der Waals surface area contributed by atoms with Crippen molar-refractivity contribution in [1.29, 1.82) is 5.26 Å². The number of benzene rings is 1. The van der Waals surface area contributed by atoms with E-state index in [1.54, 1.807) is 11.3 Å². The molecule has 0 fully saturated rings. The predicted molar refractivity (Wildman–Crippen MR) is 75.7 cm³/mol. The van der Waals surface area contributed by atoms with E-state index in [1.807, 2.05) is 36.4 Å². The lowest BCUT2D eigenvalue weighted by Crippen LogP contribution is -2.17. The average molecular weight is 277 g/mol. The van der Waals surface area contributed by atoms with Crippen LogP contribution in [0, 0.1) is 11.3 Å². The van der Waals surface area contributed by atoms with Gasteiger partial charge in [0.2, 0.25) is 0 Å². The molecule has 0 aliphatic heterocycles. The van der Waals surface area contributed by atoms with Crippen LogP contribution in [0.1, 0.15) is 29.0 Å². The maximum atomic E-state index is 8.84. The number of hydrogen-bond acceptors (Lipinski definition) is 3. The van der Waals surface area contributed by atoms with Gasteiger partial charge in [-0.25, -0.2) is 0 Å². The van der Waals surface area contributed by atoms with Gasteiger partial charge in [-0.2, -0.15) is 5.26 Å². The summed E-state index contributed by atoms with van der Waals surface area (Å²) in [4.78, 5) is 1.22. The Morgan fingerprint density at radius 1 is 1.39 bits per heavy atom. The van der Waals surface area contributed by atoms with Crippen LogP contribution in [-0.2, 0) is 6.54 Å². The van der Waals surface area contributed by atoms with Crippen molar-refractivity contribution in [2.24, 2.45) is 0 Å². The summed E-state index contributed by atoms with van der Waals surface area (Å²) in [5, 5.41) is 12.3. The molecule has 0 spiro atoms.